The maximum Gasteiger partial charge on any atom is 0.415 e. The van der Waals surface area contributed by atoms with Crippen molar-refractivity contribution in [3.63, 3.8) is 0 Å². The molecule has 1 aromatic rings. The molecule has 0 amide bonds. The summed E-state index contributed by atoms with van der Waals surface area (Å²) in [7, 11) is 0. The minimum atomic E-state index is -4.60. The number of aryl methyl sites for hydroxylation is 1. The highest BCUT2D eigenvalue weighted by Gasteiger charge is 2.37. The van der Waals surface area contributed by atoms with Crippen LogP contribution in [0.2, 0.25) is 0 Å². The van der Waals surface area contributed by atoms with Gasteiger partial charge in [-0.2, -0.15) is 13.2 Å². The van der Waals surface area contributed by atoms with Gasteiger partial charge in [-0.1, -0.05) is 6.92 Å². The lowest BCUT2D eigenvalue weighted by Gasteiger charge is -2.14. The third kappa shape index (κ3) is 3.82. The fraction of sp³-hybridized carbons (Fsp3) is 0.667. The van der Waals surface area contributed by atoms with Gasteiger partial charge in [0, 0.05) is 13.0 Å². The van der Waals surface area contributed by atoms with Crippen LogP contribution in [0.4, 0.5) is 13.2 Å². The largest absolute Gasteiger partial charge is 0.444 e. The van der Waals surface area contributed by atoms with Crippen molar-refractivity contribution in [2.24, 2.45) is 0 Å². The van der Waals surface area contributed by atoms with Crippen LogP contribution in [0, 0.1) is 0 Å². The zero-order valence-corrected chi connectivity index (χ0v) is 8.71. The molecular weight excluding hydrogens is 225 g/mol. The number of alkyl halides is 3. The number of hydrogen-bond acceptors (Lipinski definition) is 4. The zero-order valence-electron chi connectivity index (χ0n) is 8.71. The molecule has 1 heterocycles. The molecule has 0 spiro atoms. The van der Waals surface area contributed by atoms with Gasteiger partial charge in [0.2, 0.25) is 5.89 Å². The predicted octanol–water partition coefficient (Wildman–Crippen LogP) is 1.25. The van der Waals surface area contributed by atoms with E-state index in [1.807, 2.05) is 6.92 Å². The first-order valence-corrected chi connectivity index (χ1v) is 4.82. The van der Waals surface area contributed by atoms with Gasteiger partial charge in [-0.25, -0.2) is 4.98 Å². The fourth-order valence-corrected chi connectivity index (χ4v) is 1.02. The Hall–Kier alpha value is -1.08. The third-order valence-corrected chi connectivity index (χ3v) is 1.94. The van der Waals surface area contributed by atoms with Crippen LogP contribution in [0.5, 0.6) is 0 Å². The van der Waals surface area contributed by atoms with Gasteiger partial charge in [0.25, 0.3) is 0 Å². The molecule has 1 unspecified atom stereocenters. The summed E-state index contributed by atoms with van der Waals surface area (Å²) in [5, 5.41) is 11.1. The summed E-state index contributed by atoms with van der Waals surface area (Å²) in [6.45, 7) is 1.37. The Labute approximate surface area is 90.5 Å². The molecule has 0 aliphatic carbocycles. The molecule has 0 bridgehead atoms. The molecule has 92 valence electrons. The summed E-state index contributed by atoms with van der Waals surface area (Å²) < 4.78 is 40.9. The number of rotatable bonds is 5. The van der Waals surface area contributed by atoms with Crippen LogP contribution in [0.3, 0.4) is 0 Å². The summed E-state index contributed by atoms with van der Waals surface area (Å²) in [6, 6.07) is 0. The molecule has 0 radical (unpaired) electrons. The highest BCUT2D eigenvalue weighted by molar-refractivity contribution is 4.93. The first kappa shape index (κ1) is 13.0. The summed E-state index contributed by atoms with van der Waals surface area (Å²) in [4.78, 5) is 3.85. The topological polar surface area (TPSA) is 58.3 Å². The Kier molecular flexibility index (Phi) is 4.31. The van der Waals surface area contributed by atoms with E-state index < -0.39 is 18.8 Å². The summed E-state index contributed by atoms with van der Waals surface area (Å²) in [5.41, 5.74) is 0. The highest BCUT2D eigenvalue weighted by atomic mass is 19.4. The van der Waals surface area contributed by atoms with Crippen LogP contribution in [-0.4, -0.2) is 28.9 Å². The number of nitrogens with zero attached hydrogens (tertiary/aromatic N) is 1. The van der Waals surface area contributed by atoms with Crippen molar-refractivity contribution in [2.45, 2.75) is 32.2 Å². The van der Waals surface area contributed by atoms with Gasteiger partial charge >= 0.3 is 6.18 Å². The van der Waals surface area contributed by atoms with Crippen molar-refractivity contribution in [3.05, 3.63) is 17.8 Å². The summed E-state index contributed by atoms with van der Waals surface area (Å²) in [5.74, 6) is 0.986. The highest BCUT2D eigenvalue weighted by Crippen LogP contribution is 2.19. The molecule has 16 heavy (non-hydrogen) atoms. The van der Waals surface area contributed by atoms with E-state index in [2.05, 4.69) is 10.3 Å². The van der Waals surface area contributed by atoms with Crippen LogP contribution in [0.1, 0.15) is 18.6 Å². The second-order valence-electron chi connectivity index (χ2n) is 3.26. The molecule has 0 saturated carbocycles. The molecule has 2 N–H and O–H groups in total. The Morgan fingerprint density at radius 3 is 2.75 bits per heavy atom. The Morgan fingerprint density at radius 2 is 2.25 bits per heavy atom. The normalized spacial score (nSPS) is 14.1. The molecule has 7 heteroatoms. The number of aliphatic hydroxyl groups is 1. The number of halogens is 3. The fourth-order valence-electron chi connectivity index (χ4n) is 1.02. The number of nitrogens with one attached hydrogen (secondary N) is 1. The van der Waals surface area contributed by atoms with E-state index >= 15 is 0 Å². The Morgan fingerprint density at radius 1 is 1.56 bits per heavy atom. The Balaban J connectivity index is 2.30. The van der Waals surface area contributed by atoms with E-state index in [0.717, 1.165) is 0 Å². The van der Waals surface area contributed by atoms with Crippen molar-refractivity contribution in [2.75, 3.05) is 6.54 Å². The summed E-state index contributed by atoms with van der Waals surface area (Å²) in [6.07, 6.45) is -4.76. The maximum atomic E-state index is 11.9. The van der Waals surface area contributed by atoms with E-state index in [1.165, 1.54) is 6.20 Å². The van der Waals surface area contributed by atoms with Crippen LogP contribution in [0.25, 0.3) is 0 Å². The van der Waals surface area contributed by atoms with E-state index in [1.54, 1.807) is 0 Å². The summed E-state index contributed by atoms with van der Waals surface area (Å²) >= 11 is 0. The van der Waals surface area contributed by atoms with Gasteiger partial charge in [-0.3, -0.25) is 0 Å². The molecule has 1 atom stereocenters. The SMILES string of the molecule is CCc1cnc(CNCC(O)C(F)(F)F)o1. The molecule has 0 fully saturated rings. The van der Waals surface area contributed by atoms with Crippen LogP contribution >= 0.6 is 0 Å². The van der Waals surface area contributed by atoms with Gasteiger partial charge < -0.3 is 14.8 Å². The molecule has 0 aliphatic heterocycles. The van der Waals surface area contributed by atoms with Gasteiger partial charge in [0.15, 0.2) is 6.10 Å². The first-order chi connectivity index (χ1) is 7.43. The van der Waals surface area contributed by atoms with Crippen molar-refractivity contribution in [3.8, 4) is 0 Å². The molecule has 0 aliphatic rings. The van der Waals surface area contributed by atoms with Crippen LogP contribution in [-0.2, 0) is 13.0 Å². The van der Waals surface area contributed by atoms with Gasteiger partial charge in [-0.15, -0.1) is 0 Å². The molecular formula is C9H13F3N2O2. The quantitative estimate of drug-likeness (QED) is 0.810. The monoisotopic (exact) mass is 238 g/mol. The lowest BCUT2D eigenvalue weighted by molar-refractivity contribution is -0.201. The first-order valence-electron chi connectivity index (χ1n) is 4.82. The van der Waals surface area contributed by atoms with Gasteiger partial charge in [0.1, 0.15) is 5.76 Å². The van der Waals surface area contributed by atoms with E-state index in [9.17, 15) is 13.2 Å². The average Bonchev–Trinajstić information content (AvgIpc) is 2.64. The standard InChI is InChI=1S/C9H13F3N2O2/c1-2-6-3-14-8(16-6)5-13-4-7(15)9(10,11)12/h3,7,13,15H,2,4-5H2,1H3. The number of hydrogen-bond donors (Lipinski definition) is 2. The molecule has 0 saturated heterocycles. The third-order valence-electron chi connectivity index (χ3n) is 1.94. The number of oxazole rings is 1. The molecule has 1 aromatic heterocycles. The van der Waals surface area contributed by atoms with Crippen molar-refractivity contribution < 1.29 is 22.7 Å². The second-order valence-corrected chi connectivity index (χ2v) is 3.26. The van der Waals surface area contributed by atoms with E-state index in [-0.39, 0.29) is 6.54 Å². The average molecular weight is 238 g/mol. The molecule has 1 rings (SSSR count). The molecule has 4 nitrogen and oxygen atoms in total. The minimum Gasteiger partial charge on any atom is -0.444 e. The van der Waals surface area contributed by atoms with Crippen molar-refractivity contribution >= 4 is 0 Å². The van der Waals surface area contributed by atoms with E-state index in [0.29, 0.717) is 18.1 Å². The van der Waals surface area contributed by atoms with E-state index in [4.69, 9.17) is 9.52 Å². The van der Waals surface area contributed by atoms with Crippen LogP contribution in [0.15, 0.2) is 10.6 Å². The van der Waals surface area contributed by atoms with Gasteiger partial charge in [-0.05, 0) is 0 Å². The second kappa shape index (κ2) is 5.31. The van der Waals surface area contributed by atoms with Crippen LogP contribution < -0.4 is 5.32 Å². The van der Waals surface area contributed by atoms with Gasteiger partial charge in [0.05, 0.1) is 12.7 Å². The minimum absolute atomic E-state index is 0.0626. The number of aliphatic hydroxyl groups excluding tert-OH is 1. The maximum absolute atomic E-state index is 11.9. The number of aromatic nitrogens is 1. The lowest BCUT2D eigenvalue weighted by atomic mass is 10.3. The smallest absolute Gasteiger partial charge is 0.415 e. The predicted molar refractivity (Wildman–Crippen MR) is 49.6 cm³/mol. The Bertz CT molecular complexity index is 325. The van der Waals surface area contributed by atoms with Crippen molar-refractivity contribution in [1.82, 2.24) is 10.3 Å². The molecule has 0 aromatic carbocycles. The zero-order chi connectivity index (χ0) is 12.2. The van der Waals surface area contributed by atoms with Crippen molar-refractivity contribution in [1.29, 1.82) is 0 Å². The lowest BCUT2D eigenvalue weighted by Crippen LogP contribution is -2.38.